The van der Waals surface area contributed by atoms with Crippen LogP contribution >= 0.6 is 0 Å². The van der Waals surface area contributed by atoms with E-state index in [1.807, 2.05) is 13.8 Å². The normalized spacial score (nSPS) is 12.3. The van der Waals surface area contributed by atoms with Crippen molar-refractivity contribution in [2.24, 2.45) is 0 Å². The predicted molar refractivity (Wildman–Crippen MR) is 104 cm³/mol. The first kappa shape index (κ1) is 19.5. The van der Waals surface area contributed by atoms with E-state index in [2.05, 4.69) is 83.1 Å². The van der Waals surface area contributed by atoms with Gasteiger partial charge in [-0.2, -0.15) is 0 Å². The van der Waals surface area contributed by atoms with E-state index in [0.717, 1.165) is 6.42 Å². The summed E-state index contributed by atoms with van der Waals surface area (Å²) in [5.41, 5.74) is 6.04. The maximum absolute atomic E-state index is 2.43. The Morgan fingerprint density at radius 3 is 2.00 bits per heavy atom. The van der Waals surface area contributed by atoms with Gasteiger partial charge in [0.15, 0.2) is 0 Å². The Morgan fingerprint density at radius 2 is 1.48 bits per heavy atom. The van der Waals surface area contributed by atoms with Gasteiger partial charge in [0.2, 0.25) is 0 Å². The molecule has 0 aliphatic heterocycles. The molecule has 0 aliphatic rings. The van der Waals surface area contributed by atoms with Crippen LogP contribution < -0.4 is 0 Å². The van der Waals surface area contributed by atoms with Crippen LogP contribution in [0.15, 0.2) is 48.5 Å². The Balaban J connectivity index is 0.00000127. The molecule has 126 valence electrons. The molecule has 0 aliphatic carbocycles. The molecule has 0 amide bonds. The van der Waals surface area contributed by atoms with Gasteiger partial charge >= 0.3 is 0 Å². The molecule has 0 radical (unpaired) electrons. The molecule has 0 heteroatoms. The fourth-order valence-corrected chi connectivity index (χ4v) is 2.86. The van der Waals surface area contributed by atoms with Crippen LogP contribution in [0.3, 0.4) is 0 Å². The number of hydrogen-bond acceptors (Lipinski definition) is 0. The van der Waals surface area contributed by atoms with E-state index >= 15 is 0 Å². The Morgan fingerprint density at radius 1 is 0.870 bits per heavy atom. The highest BCUT2D eigenvalue weighted by Gasteiger charge is 2.20. The molecule has 0 N–H and O–H groups in total. The molecule has 2 aromatic rings. The van der Waals surface area contributed by atoms with Gasteiger partial charge in [-0.05, 0) is 46.4 Å². The monoisotopic (exact) mass is 310 g/mol. The van der Waals surface area contributed by atoms with Crippen molar-refractivity contribution < 1.29 is 0 Å². The second-order valence-electron chi connectivity index (χ2n) is 7.14. The summed E-state index contributed by atoms with van der Waals surface area (Å²) in [6.07, 6.45) is 2.21. The van der Waals surface area contributed by atoms with Crippen molar-refractivity contribution in [3.8, 4) is 0 Å². The summed E-state index contributed by atoms with van der Waals surface area (Å²) in [6.45, 7) is 15.6. The summed E-state index contributed by atoms with van der Waals surface area (Å²) < 4.78 is 0. The summed E-state index contributed by atoms with van der Waals surface area (Å²) in [6, 6.07) is 17.8. The van der Waals surface area contributed by atoms with E-state index in [9.17, 15) is 0 Å². The van der Waals surface area contributed by atoms with Crippen molar-refractivity contribution in [3.63, 3.8) is 0 Å². The number of rotatable bonds is 4. The fraction of sp³-hybridized carbons (Fsp3) is 0.478. The fourth-order valence-electron chi connectivity index (χ4n) is 2.86. The van der Waals surface area contributed by atoms with E-state index in [4.69, 9.17) is 0 Å². The first-order valence-corrected chi connectivity index (χ1v) is 9.09. The molecular formula is C23H34. The summed E-state index contributed by atoms with van der Waals surface area (Å²) in [5, 5.41) is 0. The molecule has 0 aromatic heterocycles. The standard InChI is InChI=1S/C21H28.C2H6/c1-6-16(2)19-15-18(12-13-20(19)21(3,4)5)14-17-10-8-7-9-11-17;1-2/h7-13,15-16H,6,14H2,1-5H3;1-2H3. The van der Waals surface area contributed by atoms with Gasteiger partial charge in [0.25, 0.3) is 0 Å². The van der Waals surface area contributed by atoms with E-state index in [-0.39, 0.29) is 5.41 Å². The zero-order valence-corrected chi connectivity index (χ0v) is 16.1. The van der Waals surface area contributed by atoms with E-state index in [1.54, 1.807) is 0 Å². The lowest BCUT2D eigenvalue weighted by molar-refractivity contribution is 0.570. The van der Waals surface area contributed by atoms with Crippen LogP contribution in [0.25, 0.3) is 0 Å². The maximum atomic E-state index is 2.43. The third-order valence-electron chi connectivity index (χ3n) is 4.32. The van der Waals surface area contributed by atoms with Crippen LogP contribution in [-0.4, -0.2) is 0 Å². The van der Waals surface area contributed by atoms with E-state index in [1.165, 1.54) is 28.7 Å². The lowest BCUT2D eigenvalue weighted by Gasteiger charge is -2.26. The molecule has 1 atom stereocenters. The zero-order chi connectivity index (χ0) is 17.5. The molecule has 0 heterocycles. The minimum Gasteiger partial charge on any atom is -0.0683 e. The topological polar surface area (TPSA) is 0 Å². The van der Waals surface area contributed by atoms with Crippen LogP contribution in [0, 0.1) is 0 Å². The van der Waals surface area contributed by atoms with Gasteiger partial charge in [-0.15, -0.1) is 0 Å². The Bertz CT molecular complexity index is 573. The summed E-state index contributed by atoms with van der Waals surface area (Å²) in [5.74, 6) is 0.620. The third-order valence-corrected chi connectivity index (χ3v) is 4.32. The Hall–Kier alpha value is -1.56. The lowest BCUT2D eigenvalue weighted by atomic mass is 9.79. The summed E-state index contributed by atoms with van der Waals surface area (Å²) in [7, 11) is 0. The van der Waals surface area contributed by atoms with Gasteiger partial charge in [-0.25, -0.2) is 0 Å². The molecule has 1 unspecified atom stereocenters. The molecule has 0 fully saturated rings. The van der Waals surface area contributed by atoms with Gasteiger partial charge in [0.05, 0.1) is 0 Å². The smallest absolute Gasteiger partial charge is 0.00257 e. The van der Waals surface area contributed by atoms with Crippen molar-refractivity contribution in [3.05, 3.63) is 70.8 Å². The van der Waals surface area contributed by atoms with Gasteiger partial charge < -0.3 is 0 Å². The highest BCUT2D eigenvalue weighted by atomic mass is 14.2. The second kappa shape index (κ2) is 8.91. The molecule has 2 aromatic carbocycles. The van der Waals surface area contributed by atoms with Gasteiger partial charge in [0.1, 0.15) is 0 Å². The molecule has 0 spiro atoms. The lowest BCUT2D eigenvalue weighted by Crippen LogP contribution is -2.15. The molecule has 0 bridgehead atoms. The van der Waals surface area contributed by atoms with Gasteiger partial charge in [-0.3, -0.25) is 0 Å². The second-order valence-corrected chi connectivity index (χ2v) is 7.14. The molecule has 0 saturated carbocycles. The number of hydrogen-bond donors (Lipinski definition) is 0. The molecule has 0 saturated heterocycles. The quantitative estimate of drug-likeness (QED) is 0.564. The molecule has 23 heavy (non-hydrogen) atoms. The van der Waals surface area contributed by atoms with Crippen molar-refractivity contribution in [2.75, 3.05) is 0 Å². The molecule has 0 nitrogen and oxygen atoms in total. The average molecular weight is 311 g/mol. The average Bonchev–Trinajstić information content (AvgIpc) is 2.56. The van der Waals surface area contributed by atoms with Crippen LogP contribution in [0.4, 0.5) is 0 Å². The third kappa shape index (κ3) is 5.53. The first-order valence-electron chi connectivity index (χ1n) is 9.09. The van der Waals surface area contributed by atoms with Crippen LogP contribution in [0.2, 0.25) is 0 Å². The minimum atomic E-state index is 0.212. The highest BCUT2D eigenvalue weighted by Crippen LogP contribution is 2.33. The molecule has 2 rings (SSSR count). The largest absolute Gasteiger partial charge is 0.0683 e. The van der Waals surface area contributed by atoms with E-state index < -0.39 is 0 Å². The van der Waals surface area contributed by atoms with Crippen LogP contribution in [-0.2, 0) is 11.8 Å². The maximum Gasteiger partial charge on any atom is -0.00257 e. The highest BCUT2D eigenvalue weighted by molar-refractivity contribution is 5.40. The van der Waals surface area contributed by atoms with Gasteiger partial charge in [-0.1, -0.05) is 97.0 Å². The number of benzene rings is 2. The summed E-state index contributed by atoms with van der Waals surface area (Å²) in [4.78, 5) is 0. The van der Waals surface area contributed by atoms with Gasteiger partial charge in [0, 0.05) is 0 Å². The Kier molecular flexibility index (Phi) is 7.55. The predicted octanol–water partition coefficient (Wildman–Crippen LogP) is 7.11. The molecular weight excluding hydrogens is 276 g/mol. The minimum absolute atomic E-state index is 0.212. The van der Waals surface area contributed by atoms with Crippen LogP contribution in [0.1, 0.15) is 83.1 Å². The zero-order valence-electron chi connectivity index (χ0n) is 16.1. The first-order chi connectivity index (χ1) is 10.9. The Labute approximate surface area is 144 Å². The van der Waals surface area contributed by atoms with E-state index in [0.29, 0.717) is 5.92 Å². The SMILES string of the molecule is CC.CCC(C)c1cc(Cc2ccccc2)ccc1C(C)(C)C. The summed E-state index contributed by atoms with van der Waals surface area (Å²) >= 11 is 0. The van der Waals surface area contributed by atoms with Crippen molar-refractivity contribution in [1.82, 2.24) is 0 Å². The van der Waals surface area contributed by atoms with Crippen molar-refractivity contribution in [1.29, 1.82) is 0 Å². The van der Waals surface area contributed by atoms with Crippen molar-refractivity contribution in [2.45, 2.75) is 72.6 Å². The van der Waals surface area contributed by atoms with Crippen molar-refractivity contribution >= 4 is 0 Å². The van der Waals surface area contributed by atoms with Crippen LogP contribution in [0.5, 0.6) is 0 Å².